The number of carbonyl (C=O) groups is 1. The molecule has 14 atom stereocenters. The zero-order chi connectivity index (χ0) is 24.6. The van der Waals surface area contributed by atoms with Crippen LogP contribution in [0.15, 0.2) is 0 Å². The number of ether oxygens (including phenoxy) is 5. The van der Waals surface area contributed by atoms with Gasteiger partial charge in [-0.15, -0.1) is 0 Å². The molecule has 0 saturated carbocycles. The molecule has 3 aliphatic rings. The van der Waals surface area contributed by atoms with Crippen molar-refractivity contribution < 1.29 is 79.5 Å². The van der Waals surface area contributed by atoms with E-state index < -0.39 is 105 Å². The van der Waals surface area contributed by atoms with Crippen molar-refractivity contribution in [2.24, 2.45) is 0 Å². The summed E-state index contributed by atoms with van der Waals surface area (Å²) in [5, 5.41) is 98.8. The summed E-state index contributed by atoms with van der Waals surface area (Å²) >= 11 is 0. The number of hydrogen-bond donors (Lipinski definition) is 10. The normalized spacial score (nSPS) is 51.3. The Bertz CT molecular complexity index is 663. The monoisotopic (exact) mass is 488 g/mol. The minimum absolute atomic E-state index is 0.495. The molecule has 0 aliphatic carbocycles. The molecule has 3 rings (SSSR count). The first-order valence-corrected chi connectivity index (χ1v) is 9.99. The second-order valence-corrected chi connectivity index (χ2v) is 7.93. The van der Waals surface area contributed by atoms with Gasteiger partial charge in [0.2, 0.25) is 0 Å². The van der Waals surface area contributed by atoms with Gasteiger partial charge in [-0.1, -0.05) is 0 Å². The van der Waals surface area contributed by atoms with Crippen LogP contribution in [0.25, 0.3) is 0 Å². The average Bonchev–Trinajstić information content (AvgIpc) is 2.77. The molecule has 192 valence electrons. The van der Waals surface area contributed by atoms with E-state index in [1.807, 2.05) is 0 Å². The van der Waals surface area contributed by atoms with Crippen LogP contribution in [0.3, 0.4) is 0 Å². The second kappa shape index (κ2) is 10.7. The molecule has 3 fully saturated rings. The predicted octanol–water partition coefficient (Wildman–Crippen LogP) is -6.84. The molecule has 0 aromatic heterocycles. The maximum absolute atomic E-state index is 11.4. The van der Waals surface area contributed by atoms with Crippen LogP contribution in [0.5, 0.6) is 0 Å². The smallest absolute Gasteiger partial charge is 0.335 e. The quantitative estimate of drug-likeness (QED) is 0.166. The second-order valence-electron chi connectivity index (χ2n) is 7.93. The van der Waals surface area contributed by atoms with Crippen LogP contribution in [-0.4, -0.2) is 156 Å². The van der Waals surface area contributed by atoms with Gasteiger partial charge in [0.25, 0.3) is 0 Å². The van der Waals surface area contributed by atoms with E-state index in [9.17, 15) is 55.9 Å². The molecule has 10 N–H and O–H groups in total. The number of aliphatic carboxylic acids is 1. The van der Waals surface area contributed by atoms with Crippen molar-refractivity contribution in [2.45, 2.75) is 86.0 Å². The van der Waals surface area contributed by atoms with Gasteiger partial charge in [0, 0.05) is 0 Å². The third kappa shape index (κ3) is 5.29. The molecule has 16 nitrogen and oxygen atoms in total. The number of rotatable bonds is 6. The summed E-state index contributed by atoms with van der Waals surface area (Å²) in [5.74, 6) is -1.69. The number of aliphatic hydroxyl groups is 9. The van der Waals surface area contributed by atoms with Crippen LogP contribution in [0, 0.1) is 0 Å². The highest BCUT2D eigenvalue weighted by atomic mass is 16.8. The number of carboxylic acid groups (broad SMARTS) is 1. The Morgan fingerprint density at radius 2 is 1.36 bits per heavy atom. The lowest BCUT2D eigenvalue weighted by atomic mass is 9.96. The Kier molecular flexibility index (Phi) is 8.57. The van der Waals surface area contributed by atoms with E-state index in [4.69, 9.17) is 23.7 Å². The summed E-state index contributed by atoms with van der Waals surface area (Å²) in [6, 6.07) is 0. The molecule has 0 spiro atoms. The fraction of sp³-hybridized carbons (Fsp3) is 0.941. The minimum Gasteiger partial charge on any atom is -0.479 e. The van der Waals surface area contributed by atoms with Gasteiger partial charge < -0.3 is 74.7 Å². The fourth-order valence-corrected chi connectivity index (χ4v) is 3.73. The highest BCUT2D eigenvalue weighted by Crippen LogP contribution is 2.32. The molecular formula is C17H28O16. The van der Waals surface area contributed by atoms with Crippen LogP contribution in [0.1, 0.15) is 0 Å². The maximum Gasteiger partial charge on any atom is 0.335 e. The lowest BCUT2D eigenvalue weighted by Gasteiger charge is -2.47. The SMILES string of the molecule is O=C(O)[C@H]1O[C@@H](O)[C@H](O[C@@H]2O[C@H](CO)[C@H](O)[C@H](O)[C@H]2O)[C@@H](O[C@@H]2OC[C@@H](O)[C@H](O)[C@H]2O)[C@@H]1O. The zero-order valence-corrected chi connectivity index (χ0v) is 16.9. The Labute approximate surface area is 185 Å². The van der Waals surface area contributed by atoms with Gasteiger partial charge in [-0.2, -0.15) is 0 Å². The summed E-state index contributed by atoms with van der Waals surface area (Å²) < 4.78 is 25.9. The van der Waals surface area contributed by atoms with Gasteiger partial charge in [0.1, 0.15) is 61.0 Å². The predicted molar refractivity (Wildman–Crippen MR) is 95.8 cm³/mol. The fourth-order valence-electron chi connectivity index (χ4n) is 3.73. The molecule has 33 heavy (non-hydrogen) atoms. The topological polar surface area (TPSA) is 266 Å². The maximum atomic E-state index is 11.4. The lowest BCUT2D eigenvalue weighted by molar-refractivity contribution is -0.379. The van der Waals surface area contributed by atoms with Gasteiger partial charge in [0.05, 0.1) is 13.2 Å². The highest BCUT2D eigenvalue weighted by molar-refractivity contribution is 5.73. The first-order chi connectivity index (χ1) is 15.5. The third-order valence-corrected chi connectivity index (χ3v) is 5.67. The Balaban J connectivity index is 1.83. The van der Waals surface area contributed by atoms with Crippen LogP contribution < -0.4 is 0 Å². The van der Waals surface area contributed by atoms with E-state index >= 15 is 0 Å². The van der Waals surface area contributed by atoms with E-state index in [1.54, 1.807) is 0 Å². The van der Waals surface area contributed by atoms with E-state index in [0.29, 0.717) is 0 Å². The largest absolute Gasteiger partial charge is 0.479 e. The summed E-state index contributed by atoms with van der Waals surface area (Å²) in [6.45, 7) is -1.29. The average molecular weight is 488 g/mol. The zero-order valence-electron chi connectivity index (χ0n) is 16.9. The third-order valence-electron chi connectivity index (χ3n) is 5.67. The van der Waals surface area contributed by atoms with Crippen molar-refractivity contribution in [3.05, 3.63) is 0 Å². The van der Waals surface area contributed by atoms with Gasteiger partial charge >= 0.3 is 5.97 Å². The Hall–Kier alpha value is -1.09. The van der Waals surface area contributed by atoms with Crippen LogP contribution in [0.2, 0.25) is 0 Å². The van der Waals surface area contributed by atoms with E-state index in [0.717, 1.165) is 0 Å². The molecule has 0 radical (unpaired) electrons. The van der Waals surface area contributed by atoms with Crippen molar-refractivity contribution in [2.75, 3.05) is 13.2 Å². The van der Waals surface area contributed by atoms with E-state index in [2.05, 4.69) is 0 Å². The Morgan fingerprint density at radius 3 is 1.97 bits per heavy atom. The molecule has 0 aromatic rings. The summed E-state index contributed by atoms with van der Waals surface area (Å²) in [4.78, 5) is 11.4. The summed E-state index contributed by atoms with van der Waals surface area (Å²) in [7, 11) is 0. The van der Waals surface area contributed by atoms with Crippen molar-refractivity contribution in [3.8, 4) is 0 Å². The van der Waals surface area contributed by atoms with Crippen molar-refractivity contribution in [3.63, 3.8) is 0 Å². The molecule has 3 aliphatic heterocycles. The molecule has 3 saturated heterocycles. The van der Waals surface area contributed by atoms with Crippen molar-refractivity contribution in [1.29, 1.82) is 0 Å². The summed E-state index contributed by atoms with van der Waals surface area (Å²) in [5.41, 5.74) is 0. The van der Waals surface area contributed by atoms with Gasteiger partial charge in [-0.05, 0) is 0 Å². The molecule has 0 amide bonds. The lowest BCUT2D eigenvalue weighted by Crippen LogP contribution is -2.66. The minimum atomic E-state index is -2.12. The number of aliphatic hydroxyl groups excluding tert-OH is 9. The molecule has 3 heterocycles. The van der Waals surface area contributed by atoms with E-state index in [-0.39, 0.29) is 0 Å². The van der Waals surface area contributed by atoms with Crippen LogP contribution in [0.4, 0.5) is 0 Å². The molecule has 0 bridgehead atoms. The van der Waals surface area contributed by atoms with Crippen molar-refractivity contribution in [1.82, 2.24) is 0 Å². The van der Waals surface area contributed by atoms with Crippen molar-refractivity contribution >= 4 is 5.97 Å². The van der Waals surface area contributed by atoms with Gasteiger partial charge in [-0.3, -0.25) is 0 Å². The van der Waals surface area contributed by atoms with Gasteiger partial charge in [-0.25, -0.2) is 4.79 Å². The molecule has 0 aromatic carbocycles. The number of carboxylic acids is 1. The highest BCUT2D eigenvalue weighted by Gasteiger charge is 2.54. The van der Waals surface area contributed by atoms with Crippen LogP contribution >= 0.6 is 0 Å². The standard InChI is InChI=1S/C17H28O16/c18-1-4-6(21)7(22)9(24)17(30-4)33-13-11(10(25)12(14(26)27)31-15(13)28)32-16-8(23)5(20)3(19)2-29-16/h3-13,15-25,28H,1-2H2,(H,26,27)/t3-,4-,5+,6+,7+,8-,9-,10+,11+,12+,13-,15-,16+,17+/m1/s1. The van der Waals surface area contributed by atoms with Gasteiger partial charge in [0.15, 0.2) is 25.0 Å². The molecule has 16 heteroatoms. The summed E-state index contributed by atoms with van der Waals surface area (Å²) in [6.07, 6.45) is -25.3. The Morgan fingerprint density at radius 1 is 0.758 bits per heavy atom. The first kappa shape index (κ1) is 26.5. The first-order valence-electron chi connectivity index (χ1n) is 9.99. The van der Waals surface area contributed by atoms with E-state index in [1.165, 1.54) is 0 Å². The molecule has 0 unspecified atom stereocenters. The molecular weight excluding hydrogens is 460 g/mol. The van der Waals surface area contributed by atoms with Crippen LogP contribution in [-0.2, 0) is 28.5 Å². The number of hydrogen-bond acceptors (Lipinski definition) is 15.